The largest absolute Gasteiger partial charge is 0.452 e. The van der Waals surface area contributed by atoms with Crippen molar-refractivity contribution in [3.63, 3.8) is 0 Å². The Morgan fingerprint density at radius 2 is 1.75 bits per heavy atom. The molecule has 0 fully saturated rings. The third-order valence-electron chi connectivity index (χ3n) is 4.11. The molecule has 144 valence electrons. The summed E-state index contributed by atoms with van der Waals surface area (Å²) in [5.74, 6) is -1.11. The smallest absolute Gasteiger partial charge is 0.343 e. The van der Waals surface area contributed by atoms with Crippen LogP contribution in [-0.4, -0.2) is 28.3 Å². The van der Waals surface area contributed by atoms with Gasteiger partial charge >= 0.3 is 5.97 Å². The quantitative estimate of drug-likeness (QED) is 0.638. The number of benzene rings is 2. The predicted octanol–water partition coefficient (Wildman–Crippen LogP) is 4.00. The zero-order valence-electron chi connectivity index (χ0n) is 15.6. The first kappa shape index (κ1) is 19.6. The Morgan fingerprint density at radius 1 is 1.07 bits per heavy atom. The van der Waals surface area contributed by atoms with Crippen LogP contribution in [0.15, 0.2) is 54.6 Å². The SMILES string of the molecule is Cc1ccc(Cn2nc(C)c(C(=O)OCC(=O)Nc3ccccc3)c2Cl)cc1. The van der Waals surface area contributed by atoms with Crippen LogP contribution in [0, 0.1) is 13.8 Å². The van der Waals surface area contributed by atoms with E-state index in [9.17, 15) is 9.59 Å². The number of hydrogen-bond acceptors (Lipinski definition) is 4. The van der Waals surface area contributed by atoms with Crippen molar-refractivity contribution in [2.45, 2.75) is 20.4 Å². The number of carbonyl (C=O) groups is 2. The third kappa shape index (κ3) is 4.78. The highest BCUT2D eigenvalue weighted by atomic mass is 35.5. The lowest BCUT2D eigenvalue weighted by Gasteiger charge is -2.07. The highest BCUT2D eigenvalue weighted by molar-refractivity contribution is 6.32. The van der Waals surface area contributed by atoms with E-state index in [1.54, 1.807) is 35.9 Å². The van der Waals surface area contributed by atoms with Gasteiger partial charge in [0.1, 0.15) is 10.7 Å². The Kier molecular flexibility index (Phi) is 6.11. The van der Waals surface area contributed by atoms with Crippen LogP contribution >= 0.6 is 11.6 Å². The van der Waals surface area contributed by atoms with Gasteiger partial charge < -0.3 is 10.1 Å². The van der Waals surface area contributed by atoms with Crippen LogP contribution in [0.2, 0.25) is 5.15 Å². The van der Waals surface area contributed by atoms with E-state index >= 15 is 0 Å². The average Bonchev–Trinajstić information content (AvgIpc) is 2.96. The molecule has 1 N–H and O–H groups in total. The molecular weight excluding hydrogens is 378 g/mol. The first-order valence-corrected chi connectivity index (χ1v) is 9.12. The van der Waals surface area contributed by atoms with E-state index in [-0.39, 0.29) is 10.7 Å². The van der Waals surface area contributed by atoms with Gasteiger partial charge in [-0.15, -0.1) is 0 Å². The molecule has 0 aliphatic heterocycles. The monoisotopic (exact) mass is 397 g/mol. The number of nitrogens with zero attached hydrogens (tertiary/aromatic N) is 2. The number of hydrogen-bond donors (Lipinski definition) is 1. The van der Waals surface area contributed by atoms with E-state index in [1.165, 1.54) is 0 Å². The zero-order chi connectivity index (χ0) is 20.1. The number of carbonyl (C=O) groups excluding carboxylic acids is 2. The summed E-state index contributed by atoms with van der Waals surface area (Å²) in [6.07, 6.45) is 0. The van der Waals surface area contributed by atoms with Gasteiger partial charge in [0.25, 0.3) is 5.91 Å². The number of aromatic nitrogens is 2. The van der Waals surface area contributed by atoms with E-state index in [4.69, 9.17) is 16.3 Å². The molecule has 1 amide bonds. The van der Waals surface area contributed by atoms with E-state index in [2.05, 4.69) is 10.4 Å². The maximum Gasteiger partial charge on any atom is 0.343 e. The van der Waals surface area contributed by atoms with Crippen molar-refractivity contribution < 1.29 is 14.3 Å². The van der Waals surface area contributed by atoms with Gasteiger partial charge in [0.05, 0.1) is 12.2 Å². The zero-order valence-corrected chi connectivity index (χ0v) is 16.4. The molecule has 0 atom stereocenters. The Bertz CT molecular complexity index is 982. The number of rotatable bonds is 6. The number of amides is 1. The van der Waals surface area contributed by atoms with Gasteiger partial charge in [-0.25, -0.2) is 9.48 Å². The van der Waals surface area contributed by atoms with E-state index in [0.717, 1.165) is 11.1 Å². The number of esters is 1. The summed E-state index contributed by atoms with van der Waals surface area (Å²) in [5, 5.41) is 7.16. The molecule has 0 spiro atoms. The summed E-state index contributed by atoms with van der Waals surface area (Å²) in [5.41, 5.74) is 3.41. The Labute approximate surface area is 168 Å². The fourth-order valence-corrected chi connectivity index (χ4v) is 2.99. The van der Waals surface area contributed by atoms with Crippen LogP contribution in [0.1, 0.15) is 27.2 Å². The average molecular weight is 398 g/mol. The summed E-state index contributed by atoms with van der Waals surface area (Å²) >= 11 is 6.35. The molecular formula is C21H20ClN3O3. The molecule has 0 saturated heterocycles. The van der Waals surface area contributed by atoms with Gasteiger partial charge in [-0.05, 0) is 31.5 Å². The van der Waals surface area contributed by atoms with Crippen molar-refractivity contribution in [3.05, 3.63) is 82.1 Å². The van der Waals surface area contributed by atoms with Crippen LogP contribution in [0.4, 0.5) is 5.69 Å². The first-order valence-electron chi connectivity index (χ1n) is 8.74. The van der Waals surface area contributed by atoms with Gasteiger partial charge in [-0.1, -0.05) is 59.6 Å². The number of halogens is 1. The van der Waals surface area contributed by atoms with Gasteiger partial charge in [-0.2, -0.15) is 5.10 Å². The Morgan fingerprint density at radius 3 is 2.43 bits per heavy atom. The number of anilines is 1. The van der Waals surface area contributed by atoms with Crippen LogP contribution in [0.3, 0.4) is 0 Å². The standard InChI is InChI=1S/C21H20ClN3O3/c1-14-8-10-16(11-9-14)12-25-20(22)19(15(2)24-25)21(27)28-13-18(26)23-17-6-4-3-5-7-17/h3-11H,12-13H2,1-2H3,(H,23,26). The molecule has 0 unspecified atom stereocenters. The fourth-order valence-electron chi connectivity index (χ4n) is 2.68. The van der Waals surface area contributed by atoms with E-state index < -0.39 is 18.5 Å². The summed E-state index contributed by atoms with van der Waals surface area (Å²) < 4.78 is 6.66. The Balaban J connectivity index is 1.64. The van der Waals surface area contributed by atoms with Crippen molar-refractivity contribution in [2.24, 2.45) is 0 Å². The normalized spacial score (nSPS) is 10.5. The number of ether oxygens (including phenoxy) is 1. The minimum Gasteiger partial charge on any atom is -0.452 e. The number of nitrogens with one attached hydrogen (secondary N) is 1. The van der Waals surface area contributed by atoms with Gasteiger partial charge in [-0.3, -0.25) is 4.79 Å². The highest BCUT2D eigenvalue weighted by Crippen LogP contribution is 2.22. The molecule has 2 aromatic carbocycles. The minimum atomic E-state index is -0.680. The van der Waals surface area contributed by atoms with Crippen molar-refractivity contribution in [2.75, 3.05) is 11.9 Å². The highest BCUT2D eigenvalue weighted by Gasteiger charge is 2.22. The molecule has 0 aliphatic carbocycles. The lowest BCUT2D eigenvalue weighted by Crippen LogP contribution is -2.21. The topological polar surface area (TPSA) is 73.2 Å². The summed E-state index contributed by atoms with van der Waals surface area (Å²) in [4.78, 5) is 24.4. The van der Waals surface area contributed by atoms with Crippen molar-refractivity contribution in [1.29, 1.82) is 0 Å². The van der Waals surface area contributed by atoms with E-state index in [1.807, 2.05) is 37.3 Å². The second-order valence-electron chi connectivity index (χ2n) is 6.38. The lowest BCUT2D eigenvalue weighted by atomic mass is 10.1. The lowest BCUT2D eigenvalue weighted by molar-refractivity contribution is -0.119. The second kappa shape index (κ2) is 8.71. The van der Waals surface area contributed by atoms with Crippen molar-refractivity contribution in [3.8, 4) is 0 Å². The van der Waals surface area contributed by atoms with Crippen LogP contribution in [0.5, 0.6) is 0 Å². The summed E-state index contributed by atoms with van der Waals surface area (Å²) in [7, 11) is 0. The maximum atomic E-state index is 12.4. The maximum absolute atomic E-state index is 12.4. The molecule has 7 heteroatoms. The third-order valence-corrected chi connectivity index (χ3v) is 4.50. The molecule has 6 nitrogen and oxygen atoms in total. The minimum absolute atomic E-state index is 0.168. The summed E-state index contributed by atoms with van der Waals surface area (Å²) in [6, 6.07) is 16.9. The van der Waals surface area contributed by atoms with Gasteiger partial charge in [0, 0.05) is 5.69 Å². The molecule has 3 aromatic rings. The molecule has 28 heavy (non-hydrogen) atoms. The van der Waals surface area contributed by atoms with E-state index in [0.29, 0.717) is 17.9 Å². The molecule has 0 radical (unpaired) electrons. The summed E-state index contributed by atoms with van der Waals surface area (Å²) in [6.45, 7) is 3.71. The van der Waals surface area contributed by atoms with Crippen molar-refractivity contribution >= 4 is 29.2 Å². The second-order valence-corrected chi connectivity index (χ2v) is 6.74. The van der Waals surface area contributed by atoms with Crippen molar-refractivity contribution in [1.82, 2.24) is 9.78 Å². The van der Waals surface area contributed by atoms with Crippen LogP contribution in [-0.2, 0) is 16.1 Å². The molecule has 0 saturated carbocycles. The molecule has 0 aliphatic rings. The number of para-hydroxylation sites is 1. The van der Waals surface area contributed by atoms with Gasteiger partial charge in [0.15, 0.2) is 6.61 Å². The molecule has 1 aromatic heterocycles. The predicted molar refractivity (Wildman–Crippen MR) is 108 cm³/mol. The molecule has 1 heterocycles. The molecule has 0 bridgehead atoms. The van der Waals surface area contributed by atoms with Crippen LogP contribution in [0.25, 0.3) is 0 Å². The first-order chi connectivity index (χ1) is 13.4. The fraction of sp³-hybridized carbons (Fsp3) is 0.190. The Hall–Kier alpha value is -3.12. The van der Waals surface area contributed by atoms with Crippen LogP contribution < -0.4 is 5.32 Å². The molecule has 3 rings (SSSR count). The number of aryl methyl sites for hydroxylation is 2. The van der Waals surface area contributed by atoms with Gasteiger partial charge in [0.2, 0.25) is 0 Å².